The van der Waals surface area contributed by atoms with Crippen LogP contribution >= 0.6 is 0 Å². The number of aliphatic hydroxyl groups is 1. The lowest BCUT2D eigenvalue weighted by atomic mass is 9.93. The minimum atomic E-state index is -3.65. The molecule has 1 aromatic heterocycles. The van der Waals surface area contributed by atoms with Gasteiger partial charge in [-0.15, -0.1) is 0 Å². The van der Waals surface area contributed by atoms with Gasteiger partial charge in [-0.2, -0.15) is 0 Å². The van der Waals surface area contributed by atoms with E-state index in [-0.39, 0.29) is 11.1 Å². The molecule has 2 N–H and O–H groups in total. The van der Waals surface area contributed by atoms with Crippen LogP contribution in [-0.4, -0.2) is 35.2 Å². The topological polar surface area (TPSA) is 84.2 Å². The highest BCUT2D eigenvalue weighted by atomic mass is 32.2. The van der Waals surface area contributed by atoms with Crippen molar-refractivity contribution >= 4 is 10.0 Å². The second-order valence-electron chi connectivity index (χ2n) is 5.33. The third kappa shape index (κ3) is 3.34. The van der Waals surface area contributed by atoms with Crippen LogP contribution in [0.1, 0.15) is 45.6 Å². The molecule has 19 heavy (non-hydrogen) atoms. The maximum Gasteiger partial charge on any atom is 0.259 e. The van der Waals surface area contributed by atoms with Crippen LogP contribution in [0.4, 0.5) is 0 Å². The molecule has 1 heterocycles. The van der Waals surface area contributed by atoms with Gasteiger partial charge in [-0.25, -0.2) is 18.1 Å². The van der Waals surface area contributed by atoms with Gasteiger partial charge in [0, 0.05) is 18.3 Å². The summed E-state index contributed by atoms with van der Waals surface area (Å²) in [5.41, 5.74) is 0. The van der Waals surface area contributed by atoms with E-state index >= 15 is 0 Å². The van der Waals surface area contributed by atoms with Crippen molar-refractivity contribution in [2.24, 2.45) is 0 Å². The van der Waals surface area contributed by atoms with Crippen molar-refractivity contribution in [3.8, 4) is 0 Å². The minimum absolute atomic E-state index is 0.0129. The van der Waals surface area contributed by atoms with Crippen LogP contribution in [0.5, 0.6) is 0 Å². The van der Waals surface area contributed by atoms with E-state index < -0.39 is 22.2 Å². The lowest BCUT2D eigenvalue weighted by Crippen LogP contribution is -2.45. The predicted molar refractivity (Wildman–Crippen MR) is 71.2 cm³/mol. The van der Waals surface area contributed by atoms with Crippen molar-refractivity contribution in [1.29, 1.82) is 0 Å². The molecular formula is C12H21N3O3S. The second kappa shape index (κ2) is 5.60. The second-order valence-corrected chi connectivity index (χ2v) is 6.99. The standard InChI is InChI=1S/C12H21N3O3S/c1-9(2)15-7-12(13-8-15)19(17,18)14-10-5-3-4-6-11(10)16/h7-11,14,16H,3-6H2,1-2H3. The van der Waals surface area contributed by atoms with Crippen LogP contribution in [0.25, 0.3) is 0 Å². The fourth-order valence-electron chi connectivity index (χ4n) is 2.25. The molecule has 1 saturated carbocycles. The number of imidazole rings is 1. The average Bonchev–Trinajstić information content (AvgIpc) is 2.82. The zero-order valence-corrected chi connectivity index (χ0v) is 12.1. The van der Waals surface area contributed by atoms with Crippen molar-refractivity contribution in [3.05, 3.63) is 12.5 Å². The number of hydrogen-bond acceptors (Lipinski definition) is 4. The van der Waals surface area contributed by atoms with Gasteiger partial charge in [0.1, 0.15) is 0 Å². The van der Waals surface area contributed by atoms with E-state index in [1.54, 1.807) is 4.57 Å². The number of nitrogens with one attached hydrogen (secondary N) is 1. The summed E-state index contributed by atoms with van der Waals surface area (Å²) in [6, 6.07) is -0.236. The summed E-state index contributed by atoms with van der Waals surface area (Å²) in [5.74, 6) is 0. The maximum atomic E-state index is 12.2. The molecule has 0 spiro atoms. The molecule has 0 radical (unpaired) electrons. The molecule has 108 valence electrons. The van der Waals surface area contributed by atoms with Gasteiger partial charge < -0.3 is 9.67 Å². The van der Waals surface area contributed by atoms with Gasteiger partial charge in [-0.05, 0) is 26.7 Å². The molecule has 0 amide bonds. The molecule has 1 aromatic rings. The third-order valence-electron chi connectivity index (χ3n) is 3.49. The molecular weight excluding hydrogens is 266 g/mol. The fourth-order valence-corrected chi connectivity index (χ4v) is 3.49. The molecule has 1 aliphatic carbocycles. The van der Waals surface area contributed by atoms with Gasteiger partial charge in [-0.1, -0.05) is 12.8 Å². The Morgan fingerprint density at radius 1 is 1.42 bits per heavy atom. The van der Waals surface area contributed by atoms with Gasteiger partial charge in [0.15, 0.2) is 5.03 Å². The van der Waals surface area contributed by atoms with Gasteiger partial charge in [0.05, 0.1) is 12.4 Å². The normalized spacial score (nSPS) is 24.8. The van der Waals surface area contributed by atoms with Gasteiger partial charge in [0.2, 0.25) is 0 Å². The van der Waals surface area contributed by atoms with Gasteiger partial charge in [-0.3, -0.25) is 0 Å². The Kier molecular flexibility index (Phi) is 4.27. The van der Waals surface area contributed by atoms with Crippen LogP contribution in [0, 0.1) is 0 Å². The van der Waals surface area contributed by atoms with Gasteiger partial charge >= 0.3 is 0 Å². The summed E-state index contributed by atoms with van der Waals surface area (Å²) in [5, 5.41) is 9.83. The number of rotatable bonds is 4. The van der Waals surface area contributed by atoms with Crippen LogP contribution < -0.4 is 4.72 Å². The Morgan fingerprint density at radius 2 is 2.11 bits per heavy atom. The lowest BCUT2D eigenvalue weighted by Gasteiger charge is -2.27. The molecule has 0 aromatic carbocycles. The third-order valence-corrected chi connectivity index (χ3v) is 4.86. The first kappa shape index (κ1) is 14.5. The first-order valence-corrected chi connectivity index (χ1v) is 8.12. The quantitative estimate of drug-likeness (QED) is 0.867. The highest BCUT2D eigenvalue weighted by molar-refractivity contribution is 7.89. The smallest absolute Gasteiger partial charge is 0.259 e. The SMILES string of the molecule is CC(C)n1cnc(S(=O)(=O)NC2CCCCC2O)c1. The molecule has 6 nitrogen and oxygen atoms in total. The molecule has 0 saturated heterocycles. The Hall–Kier alpha value is -0.920. The van der Waals surface area contributed by atoms with Crippen LogP contribution in [0.2, 0.25) is 0 Å². The highest BCUT2D eigenvalue weighted by Gasteiger charge is 2.29. The molecule has 1 fully saturated rings. The lowest BCUT2D eigenvalue weighted by molar-refractivity contribution is 0.101. The molecule has 2 unspecified atom stereocenters. The predicted octanol–water partition coefficient (Wildman–Crippen LogP) is 1.05. The molecule has 2 atom stereocenters. The fraction of sp³-hybridized carbons (Fsp3) is 0.750. The van der Waals surface area contributed by atoms with Crippen molar-refractivity contribution in [3.63, 3.8) is 0 Å². The van der Waals surface area contributed by atoms with Crippen LogP contribution in [0.3, 0.4) is 0 Å². The molecule has 0 aliphatic heterocycles. The average molecular weight is 287 g/mol. The largest absolute Gasteiger partial charge is 0.391 e. The highest BCUT2D eigenvalue weighted by Crippen LogP contribution is 2.20. The van der Waals surface area contributed by atoms with E-state index in [2.05, 4.69) is 9.71 Å². The monoisotopic (exact) mass is 287 g/mol. The van der Waals surface area contributed by atoms with E-state index in [4.69, 9.17) is 0 Å². The first-order chi connectivity index (χ1) is 8.90. The van der Waals surface area contributed by atoms with Crippen molar-refractivity contribution in [2.75, 3.05) is 0 Å². The van der Waals surface area contributed by atoms with Crippen molar-refractivity contribution in [2.45, 2.75) is 62.7 Å². The van der Waals surface area contributed by atoms with E-state index in [1.807, 2.05) is 13.8 Å². The Labute approximate surface area is 113 Å². The summed E-state index contributed by atoms with van der Waals surface area (Å²) in [4.78, 5) is 3.93. The number of sulfonamides is 1. The number of nitrogens with zero attached hydrogens (tertiary/aromatic N) is 2. The van der Waals surface area contributed by atoms with Crippen molar-refractivity contribution < 1.29 is 13.5 Å². The zero-order valence-electron chi connectivity index (χ0n) is 11.3. The van der Waals surface area contributed by atoms with Crippen molar-refractivity contribution in [1.82, 2.24) is 14.3 Å². The number of aromatic nitrogens is 2. The summed E-state index contributed by atoms with van der Waals surface area (Å²) in [6.45, 7) is 3.91. The molecule has 1 aliphatic rings. The maximum absolute atomic E-state index is 12.2. The molecule has 0 bridgehead atoms. The van der Waals surface area contributed by atoms with Gasteiger partial charge in [0.25, 0.3) is 10.0 Å². The summed E-state index contributed by atoms with van der Waals surface area (Å²) < 4.78 is 28.7. The van der Waals surface area contributed by atoms with E-state index in [0.29, 0.717) is 12.8 Å². The minimum Gasteiger partial charge on any atom is -0.391 e. The zero-order chi connectivity index (χ0) is 14.0. The van der Waals surface area contributed by atoms with E-state index in [9.17, 15) is 13.5 Å². The Bertz CT molecular complexity index is 524. The first-order valence-electron chi connectivity index (χ1n) is 6.64. The summed E-state index contributed by atoms with van der Waals surface area (Å²) in [6.07, 6.45) is 5.62. The van der Waals surface area contributed by atoms with E-state index in [0.717, 1.165) is 12.8 Å². The number of hydrogen-bond donors (Lipinski definition) is 2. The van der Waals surface area contributed by atoms with E-state index in [1.165, 1.54) is 12.5 Å². The van der Waals surface area contributed by atoms with Crippen LogP contribution in [-0.2, 0) is 10.0 Å². The Morgan fingerprint density at radius 3 is 2.68 bits per heavy atom. The molecule has 2 rings (SSSR count). The molecule has 7 heteroatoms. The summed E-state index contributed by atoms with van der Waals surface area (Å²) in [7, 11) is -3.65. The summed E-state index contributed by atoms with van der Waals surface area (Å²) >= 11 is 0. The Balaban J connectivity index is 2.12. The number of aliphatic hydroxyl groups excluding tert-OH is 1. The van der Waals surface area contributed by atoms with Crippen LogP contribution in [0.15, 0.2) is 17.6 Å².